The first kappa shape index (κ1) is 14.5. The van der Waals surface area contributed by atoms with Gasteiger partial charge in [-0.2, -0.15) is 0 Å². The molecule has 0 aliphatic rings. The summed E-state index contributed by atoms with van der Waals surface area (Å²) in [5.74, 6) is 0. The van der Waals surface area contributed by atoms with Crippen molar-refractivity contribution in [2.45, 2.75) is 50.0 Å². The Labute approximate surface area is 102 Å². The van der Waals surface area contributed by atoms with Crippen LogP contribution in [0.25, 0.3) is 0 Å². The molecule has 0 aliphatic carbocycles. The number of hydrogen-bond acceptors (Lipinski definition) is 0. The third kappa shape index (κ3) is 12.5. The van der Waals surface area contributed by atoms with E-state index in [1.807, 2.05) is 0 Å². The molecule has 0 radical (unpaired) electrons. The minimum Gasteiger partial charge on any atom is -0.346 e. The zero-order chi connectivity index (χ0) is 10.5. The normalized spacial score (nSPS) is 11.3. The fourth-order valence-electron chi connectivity index (χ4n) is 1.32. The summed E-state index contributed by atoms with van der Waals surface area (Å²) in [6.07, 6.45) is 16.6. The van der Waals surface area contributed by atoms with Gasteiger partial charge in [0.2, 0.25) is 0 Å². The topological polar surface area (TPSA) is 0 Å². The van der Waals surface area contributed by atoms with Crippen LogP contribution in [0.5, 0.6) is 0 Å². The van der Waals surface area contributed by atoms with Gasteiger partial charge >= 0.3 is 19.3 Å². The molecule has 0 saturated carbocycles. The van der Waals surface area contributed by atoms with Crippen molar-refractivity contribution in [1.29, 1.82) is 0 Å². The van der Waals surface area contributed by atoms with Crippen molar-refractivity contribution in [1.82, 2.24) is 0 Å². The van der Waals surface area contributed by atoms with Crippen LogP contribution in [-0.2, 0) is 0 Å². The number of rotatable bonds is 9. The Morgan fingerprint density at radius 1 is 1.00 bits per heavy atom. The fourth-order valence-corrected chi connectivity index (χ4v) is 2.43. The lowest BCUT2D eigenvalue weighted by molar-refractivity contribution is 0.673. The van der Waals surface area contributed by atoms with E-state index in [0.717, 1.165) is 6.42 Å². The van der Waals surface area contributed by atoms with Crippen LogP contribution in [0.1, 0.15) is 45.4 Å². The summed E-state index contributed by atoms with van der Waals surface area (Å²) < 4.78 is 1.32. The fraction of sp³-hybridized carbons (Fsp3) is 0.667. The summed E-state index contributed by atoms with van der Waals surface area (Å²) in [5, 5.41) is 0. The molecule has 0 unspecified atom stereocenters. The van der Waals surface area contributed by atoms with Crippen LogP contribution in [0.3, 0.4) is 0 Å². The summed E-state index contributed by atoms with van der Waals surface area (Å²) in [5.41, 5.74) is 0. The monoisotopic (exact) mass is 224 g/mol. The van der Waals surface area contributed by atoms with Gasteiger partial charge in [0.05, 0.1) is 0 Å². The van der Waals surface area contributed by atoms with Crippen LogP contribution in [0.4, 0.5) is 0 Å². The maximum Gasteiger partial charge on any atom is 0.501 e. The van der Waals surface area contributed by atoms with Gasteiger partial charge in [-0.3, -0.25) is 0 Å². The van der Waals surface area contributed by atoms with E-state index in [1.165, 1.54) is 36.7 Å². The van der Waals surface area contributed by atoms with Gasteiger partial charge in [0.15, 0.2) is 0 Å². The van der Waals surface area contributed by atoms with Gasteiger partial charge in [-0.15, -0.1) is 4.55 Å². The minimum atomic E-state index is -0.189. The average Bonchev–Trinajstić information content (AvgIpc) is 2.21. The molecule has 0 bridgehead atoms. The number of hydrogen-bond donors (Lipinski definition) is 0. The van der Waals surface area contributed by atoms with E-state index in [0.29, 0.717) is 0 Å². The van der Waals surface area contributed by atoms with E-state index in [-0.39, 0.29) is 19.3 Å². The molecule has 0 fully saturated rings. The van der Waals surface area contributed by atoms with Crippen LogP contribution in [0.2, 0.25) is 4.55 Å². The molecule has 0 aromatic heterocycles. The second-order valence-corrected chi connectivity index (χ2v) is 5.74. The summed E-state index contributed by atoms with van der Waals surface area (Å²) in [6, 6.07) is 0. The van der Waals surface area contributed by atoms with Crippen LogP contribution in [-0.4, -0.2) is 19.3 Å². The number of allylic oxidation sites excluding steroid dienone is 4. The van der Waals surface area contributed by atoms with Gasteiger partial charge < -0.3 is 9.07 Å². The van der Waals surface area contributed by atoms with Crippen molar-refractivity contribution in [2.75, 3.05) is 0 Å². The standard InChI is InChI=1S/C12H21.ClH.Mg/c1-3-5-7-9-11-12-10-8-6-4-2;;/h4,6,10,12H,1,3,5,7-9,11H2,2H3;1H;/q;;+1/p-1/b6-4+,12-10-;;. The lowest BCUT2D eigenvalue weighted by Gasteiger charge is -1.96. The van der Waals surface area contributed by atoms with E-state index < -0.39 is 0 Å². The quantitative estimate of drug-likeness (QED) is 0.302. The summed E-state index contributed by atoms with van der Waals surface area (Å²) in [6.45, 7) is 2.06. The molecule has 0 N–H and O–H groups in total. The predicted molar refractivity (Wildman–Crippen MR) is 68.1 cm³/mol. The van der Waals surface area contributed by atoms with Gasteiger partial charge in [-0.1, -0.05) is 43.6 Å². The highest BCUT2D eigenvalue weighted by Crippen LogP contribution is 2.06. The summed E-state index contributed by atoms with van der Waals surface area (Å²) in [4.78, 5) is 0. The molecule has 0 atom stereocenters. The van der Waals surface area contributed by atoms with Crippen molar-refractivity contribution >= 4 is 28.3 Å². The highest BCUT2D eigenvalue weighted by atomic mass is 35.5. The Hall–Kier alpha value is 0.536. The Balaban J connectivity index is 3.01. The van der Waals surface area contributed by atoms with Crippen molar-refractivity contribution < 1.29 is 0 Å². The van der Waals surface area contributed by atoms with Crippen LogP contribution < -0.4 is 0 Å². The molecule has 0 aliphatic heterocycles. The largest absolute Gasteiger partial charge is 0.501 e. The highest BCUT2D eigenvalue weighted by Gasteiger charge is 1.91. The lowest BCUT2D eigenvalue weighted by Crippen LogP contribution is -1.80. The smallest absolute Gasteiger partial charge is 0.346 e. The molecule has 0 aromatic rings. The lowest BCUT2D eigenvalue weighted by atomic mass is 10.1. The molecule has 0 amide bonds. The molecule has 14 heavy (non-hydrogen) atoms. The van der Waals surface area contributed by atoms with Crippen molar-refractivity contribution in [3.05, 3.63) is 24.3 Å². The third-order valence-corrected chi connectivity index (χ3v) is 3.75. The second kappa shape index (κ2) is 13.5. The number of unbranched alkanes of at least 4 members (excludes halogenated alkanes) is 4. The Morgan fingerprint density at radius 3 is 2.50 bits per heavy atom. The van der Waals surface area contributed by atoms with E-state index >= 15 is 0 Å². The first-order valence-electron chi connectivity index (χ1n) is 5.74. The molecular weight excluding hydrogens is 204 g/mol. The maximum absolute atomic E-state index is 5.73. The summed E-state index contributed by atoms with van der Waals surface area (Å²) >= 11 is -0.189. The molecule has 0 rings (SSSR count). The zero-order valence-electron chi connectivity index (χ0n) is 9.34. The first-order valence-corrected chi connectivity index (χ1v) is 8.87. The first-order chi connectivity index (χ1) is 6.91. The molecule has 0 aromatic carbocycles. The van der Waals surface area contributed by atoms with Gasteiger partial charge in [0.1, 0.15) is 0 Å². The van der Waals surface area contributed by atoms with Crippen LogP contribution >= 0.6 is 9.07 Å². The molecule has 0 saturated heterocycles. The molecule has 0 heterocycles. The highest BCUT2D eigenvalue weighted by molar-refractivity contribution is 6.93. The van der Waals surface area contributed by atoms with Crippen molar-refractivity contribution in [3.8, 4) is 0 Å². The minimum absolute atomic E-state index is 0.189. The molecule has 0 spiro atoms. The zero-order valence-corrected chi connectivity index (χ0v) is 11.5. The second-order valence-electron chi connectivity index (χ2n) is 3.52. The molecule has 0 nitrogen and oxygen atoms in total. The van der Waals surface area contributed by atoms with Gasteiger partial charge in [0, 0.05) is 0 Å². The summed E-state index contributed by atoms with van der Waals surface area (Å²) in [7, 11) is 5.73. The van der Waals surface area contributed by atoms with E-state index in [9.17, 15) is 0 Å². The van der Waals surface area contributed by atoms with Crippen molar-refractivity contribution in [3.63, 3.8) is 0 Å². The SMILES string of the molecule is C/C=C/C/C=C\CCCCC[CH2][Mg][Cl]. The van der Waals surface area contributed by atoms with E-state index in [4.69, 9.17) is 9.07 Å². The Bertz CT molecular complexity index is 152. The molecular formula is C12H21ClMg. The molecule has 78 valence electrons. The maximum atomic E-state index is 5.73. The van der Waals surface area contributed by atoms with Gasteiger partial charge in [-0.25, -0.2) is 0 Å². The number of halogens is 1. The van der Waals surface area contributed by atoms with Crippen molar-refractivity contribution in [2.24, 2.45) is 0 Å². The Kier molecular flexibility index (Phi) is 14.1. The third-order valence-electron chi connectivity index (χ3n) is 2.18. The van der Waals surface area contributed by atoms with Gasteiger partial charge in [-0.05, 0) is 26.2 Å². The van der Waals surface area contributed by atoms with Crippen LogP contribution in [0.15, 0.2) is 24.3 Å². The van der Waals surface area contributed by atoms with E-state index in [2.05, 4.69) is 31.2 Å². The molecule has 2 heteroatoms. The predicted octanol–water partition coefficient (Wildman–Crippen LogP) is 4.74. The van der Waals surface area contributed by atoms with Crippen LogP contribution in [0, 0.1) is 0 Å². The Morgan fingerprint density at radius 2 is 1.79 bits per heavy atom. The van der Waals surface area contributed by atoms with E-state index in [1.54, 1.807) is 0 Å². The average molecular weight is 225 g/mol. The van der Waals surface area contributed by atoms with Gasteiger partial charge in [0.25, 0.3) is 0 Å².